The Balaban J connectivity index is 1.86. The third-order valence-corrected chi connectivity index (χ3v) is 16.8. The predicted molar refractivity (Wildman–Crippen MR) is 120 cm³/mol. The molecule has 0 atom stereocenters. The van der Waals surface area contributed by atoms with Crippen LogP contribution in [-0.2, 0) is 14.3 Å². The summed E-state index contributed by atoms with van der Waals surface area (Å²) in [5.41, 5.74) is -1.23. The topological polar surface area (TPSA) is 26.3 Å². The van der Waals surface area contributed by atoms with Gasteiger partial charge in [0.05, 0.1) is 0 Å². The number of hydrogen-bond donors (Lipinski definition) is 0. The van der Waals surface area contributed by atoms with E-state index in [-0.39, 0.29) is 0 Å². The second kappa shape index (κ2) is 9.97. The summed E-state index contributed by atoms with van der Waals surface area (Å²) in [5, 5.41) is 0. The summed E-state index contributed by atoms with van der Waals surface area (Å²) in [5.74, 6) is -11.7. The van der Waals surface area contributed by atoms with Gasteiger partial charge in [-0.3, -0.25) is 0 Å². The molecule has 0 N–H and O–H groups in total. The number of carbonyl (C=O) groups excluding carboxylic acids is 1. The van der Waals surface area contributed by atoms with Crippen LogP contribution in [0.3, 0.4) is 0 Å². The Bertz CT molecular complexity index is 1190. The molecule has 0 aromatic heterocycles. The van der Waals surface area contributed by atoms with Gasteiger partial charge in [-0.05, 0) is 0 Å². The van der Waals surface area contributed by atoms with Crippen LogP contribution in [0.1, 0.15) is 5.56 Å². The Labute approximate surface area is 197 Å². The molecular formula is C26H17F5O2Sn. The fourth-order valence-corrected chi connectivity index (χ4v) is 14.6. The Hall–Kier alpha value is -3.20. The van der Waals surface area contributed by atoms with Gasteiger partial charge < -0.3 is 0 Å². The molecule has 4 aromatic carbocycles. The van der Waals surface area contributed by atoms with Crippen LogP contribution in [0.5, 0.6) is 0 Å². The first-order valence-electron chi connectivity index (χ1n) is 10.2. The Morgan fingerprint density at radius 3 is 1.24 bits per heavy atom. The van der Waals surface area contributed by atoms with Gasteiger partial charge in [-0.25, -0.2) is 0 Å². The Morgan fingerprint density at radius 2 is 0.882 bits per heavy atom. The first kappa shape index (κ1) is 23.9. The molecule has 0 aliphatic rings. The number of rotatable bonds is 6. The average Bonchev–Trinajstić information content (AvgIpc) is 2.89. The van der Waals surface area contributed by atoms with E-state index >= 15 is 0 Å². The normalized spacial score (nSPS) is 11.3. The fourth-order valence-electron chi connectivity index (χ4n) is 3.85. The van der Waals surface area contributed by atoms with Crippen LogP contribution in [0.25, 0.3) is 0 Å². The average molecular weight is 575 g/mol. The molecule has 0 bridgehead atoms. The van der Waals surface area contributed by atoms with Gasteiger partial charge >= 0.3 is 197 Å². The third-order valence-electron chi connectivity index (χ3n) is 5.43. The van der Waals surface area contributed by atoms with Crippen molar-refractivity contribution in [3.63, 3.8) is 0 Å². The minimum atomic E-state index is -4.60. The van der Waals surface area contributed by atoms with Gasteiger partial charge in [0.25, 0.3) is 0 Å². The van der Waals surface area contributed by atoms with E-state index in [1.807, 2.05) is 36.4 Å². The van der Waals surface area contributed by atoms with Crippen molar-refractivity contribution in [3.8, 4) is 0 Å². The number of halogens is 5. The summed E-state index contributed by atoms with van der Waals surface area (Å²) in [6, 6.07) is 26.9. The van der Waals surface area contributed by atoms with Crippen LogP contribution in [-0.4, -0.2) is 24.8 Å². The molecule has 0 fully saturated rings. The number of carbonyl (C=O) groups is 1. The Morgan fingerprint density at radius 1 is 0.559 bits per heavy atom. The van der Waals surface area contributed by atoms with E-state index in [0.717, 1.165) is 10.7 Å². The number of hydrogen-bond acceptors (Lipinski definition) is 2. The summed E-state index contributed by atoms with van der Waals surface area (Å²) in [4.78, 5) is 13.1. The molecule has 34 heavy (non-hydrogen) atoms. The van der Waals surface area contributed by atoms with E-state index in [0.29, 0.717) is 0 Å². The minimum absolute atomic E-state index is 0.736. The standard InChI is InChI=1S/C8H3F5O2.3C6H5.Sn/c9-4-2(1-3(14)15)5(10)7(12)8(13)6(4)11;3*1-2-4-6-5-3-1;/h1H2,(H,14,15);3*1-5H;/q;;;;+1/p-1. The van der Waals surface area contributed by atoms with E-state index in [1.54, 1.807) is 54.6 Å². The Kier molecular flexibility index (Phi) is 7.02. The van der Waals surface area contributed by atoms with Gasteiger partial charge in [0.2, 0.25) is 0 Å². The first-order valence-corrected chi connectivity index (χ1v) is 15.7. The monoisotopic (exact) mass is 576 g/mol. The van der Waals surface area contributed by atoms with E-state index in [4.69, 9.17) is 3.07 Å². The van der Waals surface area contributed by atoms with Crippen LogP contribution in [0.15, 0.2) is 91.0 Å². The van der Waals surface area contributed by atoms with Crippen LogP contribution in [0, 0.1) is 29.1 Å². The van der Waals surface area contributed by atoms with Crippen molar-refractivity contribution in [2.45, 2.75) is 6.42 Å². The maximum atomic E-state index is 14.3. The first-order chi connectivity index (χ1) is 16.4. The van der Waals surface area contributed by atoms with Crippen molar-refractivity contribution in [1.82, 2.24) is 0 Å². The molecule has 0 aliphatic carbocycles. The van der Waals surface area contributed by atoms with Crippen molar-refractivity contribution >= 4 is 35.5 Å². The van der Waals surface area contributed by atoms with E-state index in [1.165, 1.54) is 0 Å². The van der Waals surface area contributed by atoms with E-state index in [2.05, 4.69) is 0 Å². The van der Waals surface area contributed by atoms with Gasteiger partial charge in [0.1, 0.15) is 0 Å². The molecule has 0 amide bonds. The molecular weight excluding hydrogens is 558 g/mol. The molecule has 0 aliphatic heterocycles. The van der Waals surface area contributed by atoms with Crippen LogP contribution < -0.4 is 10.7 Å². The van der Waals surface area contributed by atoms with Crippen molar-refractivity contribution < 1.29 is 29.8 Å². The predicted octanol–water partition coefficient (Wildman–Crippen LogP) is 4.13. The third kappa shape index (κ3) is 4.32. The summed E-state index contributed by atoms with van der Waals surface area (Å²) < 4.78 is 77.6. The van der Waals surface area contributed by atoms with Gasteiger partial charge in [-0.1, -0.05) is 0 Å². The SMILES string of the molecule is O=C(Cc1c(F)c(F)c(F)c(F)c1F)[O][Sn]([c]1ccccc1)([c]1ccccc1)[c]1ccccc1. The zero-order chi connectivity index (χ0) is 24.3. The van der Waals surface area contributed by atoms with Gasteiger partial charge in [0.15, 0.2) is 0 Å². The molecule has 0 saturated carbocycles. The molecule has 0 heterocycles. The zero-order valence-corrected chi connectivity index (χ0v) is 20.4. The summed E-state index contributed by atoms with van der Waals surface area (Å²) in [6.07, 6.45) is -1.11. The number of benzene rings is 4. The van der Waals surface area contributed by atoms with Crippen molar-refractivity contribution in [3.05, 3.63) is 126 Å². The zero-order valence-electron chi connectivity index (χ0n) is 17.6. The summed E-state index contributed by atoms with van der Waals surface area (Å²) in [6.45, 7) is 0. The fraction of sp³-hybridized carbons (Fsp3) is 0.0385. The van der Waals surface area contributed by atoms with Crippen molar-refractivity contribution in [2.75, 3.05) is 0 Å². The van der Waals surface area contributed by atoms with Crippen LogP contribution in [0.2, 0.25) is 0 Å². The maximum absolute atomic E-state index is 14.3. The van der Waals surface area contributed by atoms with E-state index < -0.39 is 65.8 Å². The van der Waals surface area contributed by atoms with Crippen molar-refractivity contribution in [2.24, 2.45) is 0 Å². The molecule has 8 heteroatoms. The molecule has 4 aromatic rings. The van der Waals surface area contributed by atoms with Gasteiger partial charge in [-0.15, -0.1) is 0 Å². The molecule has 4 rings (SSSR count). The summed E-state index contributed by atoms with van der Waals surface area (Å²) >= 11 is -4.60. The van der Waals surface area contributed by atoms with E-state index in [9.17, 15) is 26.7 Å². The second-order valence-corrected chi connectivity index (χ2v) is 16.9. The molecule has 0 radical (unpaired) electrons. The molecule has 0 saturated heterocycles. The molecule has 172 valence electrons. The van der Waals surface area contributed by atoms with Gasteiger partial charge in [0, 0.05) is 0 Å². The van der Waals surface area contributed by atoms with Crippen LogP contribution >= 0.6 is 0 Å². The quantitative estimate of drug-likeness (QED) is 0.150. The summed E-state index contributed by atoms with van der Waals surface area (Å²) in [7, 11) is 0. The molecule has 0 spiro atoms. The second-order valence-electron chi connectivity index (χ2n) is 7.48. The van der Waals surface area contributed by atoms with Gasteiger partial charge in [-0.2, -0.15) is 0 Å². The molecule has 0 unspecified atom stereocenters. The molecule has 2 nitrogen and oxygen atoms in total. The van der Waals surface area contributed by atoms with Crippen molar-refractivity contribution in [1.29, 1.82) is 0 Å². The van der Waals surface area contributed by atoms with Crippen LogP contribution in [0.4, 0.5) is 22.0 Å².